The summed E-state index contributed by atoms with van der Waals surface area (Å²) in [5.41, 5.74) is 1.34. The molecule has 1 unspecified atom stereocenters. The highest BCUT2D eigenvalue weighted by atomic mass is 32.2. The normalized spacial score (nSPS) is 17.4. The summed E-state index contributed by atoms with van der Waals surface area (Å²) in [7, 11) is -1.19. The van der Waals surface area contributed by atoms with Gasteiger partial charge >= 0.3 is 5.97 Å². The molecule has 7 nitrogen and oxygen atoms in total. The minimum absolute atomic E-state index is 0.0144. The molecule has 0 bridgehead atoms. The quantitative estimate of drug-likeness (QED) is 0.516. The van der Waals surface area contributed by atoms with Crippen molar-refractivity contribution < 1.29 is 27.5 Å². The molecular weight excluding hydrogens is 406 g/mol. The first-order chi connectivity index (χ1) is 14.3. The Bertz CT molecular complexity index is 1060. The van der Waals surface area contributed by atoms with Crippen LogP contribution in [0, 0.1) is 12.8 Å². The first-order valence-electron chi connectivity index (χ1n) is 9.66. The molecule has 1 aliphatic rings. The van der Waals surface area contributed by atoms with E-state index in [1.54, 1.807) is 37.4 Å². The smallest absolute Gasteiger partial charge is 0.339 e. The maximum absolute atomic E-state index is 13.3. The number of piperidine rings is 1. The van der Waals surface area contributed by atoms with Gasteiger partial charge in [0.25, 0.3) is 0 Å². The zero-order chi connectivity index (χ0) is 21.9. The van der Waals surface area contributed by atoms with Crippen molar-refractivity contribution in [3.05, 3.63) is 59.2 Å². The van der Waals surface area contributed by atoms with E-state index in [0.717, 1.165) is 5.56 Å². The number of aryl methyl sites for hydroxylation is 1. The first-order valence-corrected chi connectivity index (χ1v) is 11.1. The van der Waals surface area contributed by atoms with Crippen molar-refractivity contribution in [2.24, 2.45) is 5.92 Å². The first kappa shape index (κ1) is 22.0. The lowest BCUT2D eigenvalue weighted by atomic mass is 9.89. The van der Waals surface area contributed by atoms with Gasteiger partial charge in [-0.05, 0) is 55.7 Å². The fourth-order valence-electron chi connectivity index (χ4n) is 3.74. The number of nitrogens with zero attached hydrogens (tertiary/aromatic N) is 1. The van der Waals surface area contributed by atoms with Crippen LogP contribution in [0.25, 0.3) is 0 Å². The number of carbonyl (C=O) groups excluding carboxylic acids is 2. The monoisotopic (exact) mass is 431 g/mol. The van der Waals surface area contributed by atoms with Gasteiger partial charge in [-0.1, -0.05) is 12.1 Å². The van der Waals surface area contributed by atoms with E-state index in [1.165, 1.54) is 23.5 Å². The summed E-state index contributed by atoms with van der Waals surface area (Å²) < 4.78 is 37.8. The Morgan fingerprint density at radius 2 is 1.80 bits per heavy atom. The molecule has 1 heterocycles. The molecule has 0 radical (unpaired) electrons. The van der Waals surface area contributed by atoms with Crippen LogP contribution in [0.5, 0.6) is 5.75 Å². The van der Waals surface area contributed by atoms with Crippen LogP contribution in [-0.4, -0.2) is 51.8 Å². The predicted octanol–water partition coefficient (Wildman–Crippen LogP) is 3.07. The summed E-state index contributed by atoms with van der Waals surface area (Å²) in [6.45, 7) is 2.20. The van der Waals surface area contributed by atoms with E-state index < -0.39 is 21.9 Å². The number of methoxy groups -OCH3 is 2. The predicted molar refractivity (Wildman–Crippen MR) is 111 cm³/mol. The van der Waals surface area contributed by atoms with Gasteiger partial charge in [-0.15, -0.1) is 0 Å². The van der Waals surface area contributed by atoms with Crippen LogP contribution in [0.4, 0.5) is 0 Å². The Morgan fingerprint density at radius 3 is 2.47 bits per heavy atom. The lowest BCUT2D eigenvalue weighted by molar-refractivity contribution is 0.0595. The van der Waals surface area contributed by atoms with Crippen molar-refractivity contribution in [1.29, 1.82) is 0 Å². The summed E-state index contributed by atoms with van der Waals surface area (Å²) in [6, 6.07) is 11.2. The van der Waals surface area contributed by atoms with Crippen LogP contribution in [0.1, 0.15) is 39.1 Å². The molecule has 1 saturated heterocycles. The van der Waals surface area contributed by atoms with E-state index in [1.807, 2.05) is 6.92 Å². The van der Waals surface area contributed by atoms with E-state index in [4.69, 9.17) is 9.47 Å². The average molecular weight is 432 g/mol. The molecule has 1 aliphatic heterocycles. The molecule has 0 spiro atoms. The van der Waals surface area contributed by atoms with E-state index in [-0.39, 0.29) is 22.8 Å². The number of esters is 1. The Morgan fingerprint density at radius 1 is 1.07 bits per heavy atom. The second kappa shape index (κ2) is 8.97. The van der Waals surface area contributed by atoms with Crippen LogP contribution in [0.3, 0.4) is 0 Å². The van der Waals surface area contributed by atoms with Crippen LogP contribution in [0.2, 0.25) is 0 Å². The lowest BCUT2D eigenvalue weighted by Gasteiger charge is -2.31. The zero-order valence-electron chi connectivity index (χ0n) is 17.3. The van der Waals surface area contributed by atoms with Crippen molar-refractivity contribution in [3.63, 3.8) is 0 Å². The standard InChI is InChI=1S/C22H25NO6S/c1-15-13-17(28-2)10-11-18(15)21(24)16-7-6-12-23(14-16)30(26,27)20-9-5-4-8-19(20)22(25)29-3/h4-5,8-11,13,16H,6-7,12,14H2,1-3H3. The Kier molecular flexibility index (Phi) is 6.58. The number of benzene rings is 2. The summed E-state index contributed by atoms with van der Waals surface area (Å²) >= 11 is 0. The SMILES string of the molecule is COC(=O)c1ccccc1S(=O)(=O)N1CCCC(C(=O)c2ccc(OC)cc2C)C1. The van der Waals surface area contributed by atoms with Gasteiger partial charge in [0.15, 0.2) is 5.78 Å². The summed E-state index contributed by atoms with van der Waals surface area (Å²) in [4.78, 5) is 25.0. The minimum Gasteiger partial charge on any atom is -0.497 e. The fraction of sp³-hybridized carbons (Fsp3) is 0.364. The van der Waals surface area contributed by atoms with Crippen molar-refractivity contribution in [1.82, 2.24) is 4.31 Å². The molecule has 0 amide bonds. The highest BCUT2D eigenvalue weighted by molar-refractivity contribution is 7.89. The van der Waals surface area contributed by atoms with E-state index >= 15 is 0 Å². The highest BCUT2D eigenvalue weighted by Gasteiger charge is 2.35. The third kappa shape index (κ3) is 4.24. The Labute approximate surface area is 176 Å². The molecule has 0 saturated carbocycles. The molecule has 0 aromatic heterocycles. The van der Waals surface area contributed by atoms with Gasteiger partial charge in [0.2, 0.25) is 10.0 Å². The number of ketones is 1. The van der Waals surface area contributed by atoms with Crippen LogP contribution in [0.15, 0.2) is 47.4 Å². The maximum Gasteiger partial charge on any atom is 0.339 e. The maximum atomic E-state index is 13.3. The van der Waals surface area contributed by atoms with Crippen molar-refractivity contribution in [3.8, 4) is 5.75 Å². The molecule has 0 N–H and O–H groups in total. The van der Waals surface area contributed by atoms with Gasteiger partial charge in [0, 0.05) is 24.6 Å². The third-order valence-electron chi connectivity index (χ3n) is 5.36. The van der Waals surface area contributed by atoms with Gasteiger partial charge in [0.05, 0.1) is 24.7 Å². The number of hydrogen-bond donors (Lipinski definition) is 0. The van der Waals surface area contributed by atoms with Gasteiger partial charge < -0.3 is 9.47 Å². The summed E-state index contributed by atoms with van der Waals surface area (Å²) in [6.07, 6.45) is 1.17. The van der Waals surface area contributed by atoms with E-state index in [0.29, 0.717) is 30.7 Å². The topological polar surface area (TPSA) is 90.0 Å². The van der Waals surface area contributed by atoms with Gasteiger partial charge in [-0.25, -0.2) is 13.2 Å². The number of rotatable bonds is 6. The number of sulfonamides is 1. The van der Waals surface area contributed by atoms with Crippen molar-refractivity contribution in [2.45, 2.75) is 24.7 Å². The van der Waals surface area contributed by atoms with E-state index in [9.17, 15) is 18.0 Å². The van der Waals surface area contributed by atoms with Crippen LogP contribution in [-0.2, 0) is 14.8 Å². The number of Topliss-reactive ketones (excluding diaryl/α,β-unsaturated/α-hetero) is 1. The van der Waals surface area contributed by atoms with Gasteiger partial charge in [0.1, 0.15) is 5.75 Å². The van der Waals surface area contributed by atoms with Gasteiger partial charge in [-0.2, -0.15) is 4.31 Å². The van der Waals surface area contributed by atoms with E-state index in [2.05, 4.69) is 0 Å². The fourth-order valence-corrected chi connectivity index (χ4v) is 5.45. The molecule has 1 fully saturated rings. The Hall–Kier alpha value is -2.71. The molecule has 1 atom stereocenters. The van der Waals surface area contributed by atoms with Crippen molar-refractivity contribution >= 4 is 21.8 Å². The molecule has 0 aliphatic carbocycles. The minimum atomic E-state index is -3.96. The second-order valence-electron chi connectivity index (χ2n) is 7.24. The molecule has 3 rings (SSSR count). The Balaban J connectivity index is 1.88. The number of ether oxygens (including phenoxy) is 2. The third-order valence-corrected chi connectivity index (χ3v) is 7.29. The lowest BCUT2D eigenvalue weighted by Crippen LogP contribution is -2.42. The number of hydrogen-bond acceptors (Lipinski definition) is 6. The summed E-state index contributed by atoms with van der Waals surface area (Å²) in [5, 5.41) is 0. The van der Waals surface area contributed by atoms with Gasteiger partial charge in [-0.3, -0.25) is 4.79 Å². The number of carbonyl (C=O) groups is 2. The molecule has 2 aromatic carbocycles. The molecule has 160 valence electrons. The molecular formula is C22H25NO6S. The largest absolute Gasteiger partial charge is 0.497 e. The molecule has 30 heavy (non-hydrogen) atoms. The highest BCUT2D eigenvalue weighted by Crippen LogP contribution is 2.29. The van der Waals surface area contributed by atoms with Crippen LogP contribution >= 0.6 is 0 Å². The molecule has 8 heteroatoms. The zero-order valence-corrected chi connectivity index (χ0v) is 18.1. The molecule has 2 aromatic rings. The average Bonchev–Trinajstić information content (AvgIpc) is 2.78. The van der Waals surface area contributed by atoms with Crippen molar-refractivity contribution in [2.75, 3.05) is 27.3 Å². The second-order valence-corrected chi connectivity index (χ2v) is 9.14. The van der Waals surface area contributed by atoms with Crippen LogP contribution < -0.4 is 4.74 Å². The summed E-state index contributed by atoms with van der Waals surface area (Å²) in [5.74, 6) is -0.591.